The van der Waals surface area contributed by atoms with E-state index in [0.717, 1.165) is 6.26 Å². The molecule has 118 valence electrons. The molecule has 1 aromatic carbocycles. The molecule has 0 heterocycles. The van der Waals surface area contributed by atoms with E-state index in [2.05, 4.69) is 5.32 Å². The van der Waals surface area contributed by atoms with Crippen LogP contribution in [0.25, 0.3) is 0 Å². The molecule has 5 nitrogen and oxygen atoms in total. The van der Waals surface area contributed by atoms with Gasteiger partial charge in [0.05, 0.1) is 10.5 Å². The van der Waals surface area contributed by atoms with Gasteiger partial charge in [-0.05, 0) is 43.5 Å². The van der Waals surface area contributed by atoms with Crippen molar-refractivity contribution in [1.29, 1.82) is 0 Å². The zero-order chi connectivity index (χ0) is 16.3. The van der Waals surface area contributed by atoms with Crippen LogP contribution in [0, 0.1) is 5.92 Å². The van der Waals surface area contributed by atoms with Crippen LogP contribution in [0.15, 0.2) is 29.2 Å². The van der Waals surface area contributed by atoms with Crippen LogP contribution in [0.1, 0.15) is 37.6 Å². The Morgan fingerprint density at radius 1 is 1.29 bits per heavy atom. The number of aliphatic hydroxyl groups is 1. The van der Waals surface area contributed by atoms with Gasteiger partial charge in [-0.2, -0.15) is 0 Å². The zero-order valence-electron chi connectivity index (χ0n) is 12.9. The molecule has 0 saturated heterocycles. The van der Waals surface area contributed by atoms with Crippen LogP contribution in [-0.2, 0) is 9.84 Å². The Balaban J connectivity index is 2.69. The van der Waals surface area contributed by atoms with Crippen molar-refractivity contribution < 1.29 is 18.3 Å². The third-order valence-corrected chi connectivity index (χ3v) is 4.15. The second-order valence-electron chi connectivity index (χ2n) is 6.07. The summed E-state index contributed by atoms with van der Waals surface area (Å²) >= 11 is 0. The van der Waals surface area contributed by atoms with Gasteiger partial charge in [0.2, 0.25) is 0 Å². The fourth-order valence-electron chi connectivity index (χ4n) is 2.18. The number of hydrogen-bond donors (Lipinski definition) is 2. The predicted octanol–water partition coefficient (Wildman–Crippen LogP) is 1.62. The number of amides is 1. The molecule has 2 N–H and O–H groups in total. The van der Waals surface area contributed by atoms with Crippen LogP contribution in [0.4, 0.5) is 0 Å². The van der Waals surface area contributed by atoms with Gasteiger partial charge in [0.1, 0.15) is 0 Å². The Labute approximate surface area is 126 Å². The molecule has 0 aliphatic rings. The van der Waals surface area contributed by atoms with Crippen LogP contribution in [0.5, 0.6) is 0 Å². The van der Waals surface area contributed by atoms with E-state index < -0.39 is 15.4 Å². The first-order valence-corrected chi connectivity index (χ1v) is 8.71. The van der Waals surface area contributed by atoms with Gasteiger partial charge in [-0.15, -0.1) is 0 Å². The highest BCUT2D eigenvalue weighted by atomic mass is 32.2. The van der Waals surface area contributed by atoms with Gasteiger partial charge in [-0.3, -0.25) is 4.79 Å². The number of sulfone groups is 1. The van der Waals surface area contributed by atoms with Crippen molar-refractivity contribution in [2.45, 2.75) is 37.7 Å². The van der Waals surface area contributed by atoms with E-state index in [1.165, 1.54) is 24.3 Å². The fraction of sp³-hybridized carbons (Fsp3) is 0.533. The van der Waals surface area contributed by atoms with Crippen molar-refractivity contribution in [3.63, 3.8) is 0 Å². The highest BCUT2D eigenvalue weighted by Crippen LogP contribution is 2.15. The average Bonchev–Trinajstić information content (AvgIpc) is 2.33. The maximum Gasteiger partial charge on any atom is 0.251 e. The molecule has 1 atom stereocenters. The summed E-state index contributed by atoms with van der Waals surface area (Å²) in [6.45, 7) is 5.83. The Morgan fingerprint density at radius 2 is 1.81 bits per heavy atom. The molecule has 21 heavy (non-hydrogen) atoms. The normalized spacial score (nSPS) is 14.8. The minimum atomic E-state index is -3.27. The van der Waals surface area contributed by atoms with E-state index in [0.29, 0.717) is 17.9 Å². The van der Waals surface area contributed by atoms with Crippen molar-refractivity contribution in [3.05, 3.63) is 29.8 Å². The van der Waals surface area contributed by atoms with Crippen LogP contribution < -0.4 is 5.32 Å². The van der Waals surface area contributed by atoms with Gasteiger partial charge in [0.25, 0.3) is 5.91 Å². The maximum absolute atomic E-state index is 12.0. The quantitative estimate of drug-likeness (QED) is 0.836. The summed E-state index contributed by atoms with van der Waals surface area (Å²) in [7, 11) is -3.27. The highest BCUT2D eigenvalue weighted by Gasteiger charge is 2.22. The number of nitrogens with one attached hydrogen (secondary N) is 1. The first-order chi connectivity index (χ1) is 9.51. The van der Waals surface area contributed by atoms with Gasteiger partial charge in [-0.25, -0.2) is 8.42 Å². The van der Waals surface area contributed by atoms with Gasteiger partial charge < -0.3 is 10.4 Å². The lowest BCUT2D eigenvalue weighted by molar-refractivity contribution is 0.0368. The largest absolute Gasteiger partial charge is 0.388 e. The molecule has 0 fully saturated rings. The Kier molecular flexibility index (Phi) is 5.53. The standard InChI is InChI=1S/C15H23NO4S/c1-11(2)9-15(3,18)10-16-14(17)12-5-7-13(8-6-12)21(4,19)20/h5-8,11,18H,9-10H2,1-4H3,(H,16,17). The lowest BCUT2D eigenvalue weighted by atomic mass is 9.94. The topological polar surface area (TPSA) is 83.5 Å². The molecular formula is C15H23NO4S. The third-order valence-electron chi connectivity index (χ3n) is 3.02. The van der Waals surface area contributed by atoms with Gasteiger partial charge in [-0.1, -0.05) is 13.8 Å². The molecule has 1 rings (SSSR count). The molecule has 0 radical (unpaired) electrons. The molecule has 1 unspecified atom stereocenters. The van der Waals surface area contributed by atoms with Gasteiger partial charge in [0.15, 0.2) is 9.84 Å². The second-order valence-corrected chi connectivity index (χ2v) is 8.09. The number of carbonyl (C=O) groups is 1. The smallest absolute Gasteiger partial charge is 0.251 e. The summed E-state index contributed by atoms with van der Waals surface area (Å²) in [5, 5.41) is 12.8. The molecule has 0 aromatic heterocycles. The summed E-state index contributed by atoms with van der Waals surface area (Å²) in [4.78, 5) is 12.1. The summed E-state index contributed by atoms with van der Waals surface area (Å²) in [5.41, 5.74) is -0.598. The highest BCUT2D eigenvalue weighted by molar-refractivity contribution is 7.90. The van der Waals surface area contributed by atoms with Crippen LogP contribution in [0.2, 0.25) is 0 Å². The first kappa shape index (κ1) is 17.7. The molecule has 0 spiro atoms. The fourth-order valence-corrected chi connectivity index (χ4v) is 2.81. The Bertz CT molecular complexity index is 589. The molecule has 0 bridgehead atoms. The summed E-state index contributed by atoms with van der Waals surface area (Å²) in [6, 6.07) is 5.72. The number of carbonyl (C=O) groups excluding carboxylic acids is 1. The Morgan fingerprint density at radius 3 is 2.24 bits per heavy atom. The first-order valence-electron chi connectivity index (χ1n) is 6.82. The van der Waals surface area contributed by atoms with Crippen molar-refractivity contribution in [2.75, 3.05) is 12.8 Å². The monoisotopic (exact) mass is 313 g/mol. The molecule has 0 saturated carbocycles. The van der Waals surface area contributed by atoms with Crippen LogP contribution in [0.3, 0.4) is 0 Å². The van der Waals surface area contributed by atoms with Crippen molar-refractivity contribution in [3.8, 4) is 0 Å². The zero-order valence-corrected chi connectivity index (χ0v) is 13.7. The predicted molar refractivity (Wildman–Crippen MR) is 82.0 cm³/mol. The van der Waals surface area contributed by atoms with E-state index in [9.17, 15) is 18.3 Å². The summed E-state index contributed by atoms with van der Waals surface area (Å²) < 4.78 is 22.7. The van der Waals surface area contributed by atoms with Crippen LogP contribution >= 0.6 is 0 Å². The molecule has 0 aliphatic carbocycles. The summed E-state index contributed by atoms with van der Waals surface area (Å²) in [5.74, 6) is -0.00923. The molecular weight excluding hydrogens is 290 g/mol. The number of benzene rings is 1. The van der Waals surface area contributed by atoms with E-state index in [4.69, 9.17) is 0 Å². The molecule has 6 heteroatoms. The van der Waals surface area contributed by atoms with E-state index in [1.807, 2.05) is 13.8 Å². The minimum Gasteiger partial charge on any atom is -0.388 e. The van der Waals surface area contributed by atoms with E-state index in [1.54, 1.807) is 6.92 Å². The van der Waals surface area contributed by atoms with Gasteiger partial charge in [0, 0.05) is 18.4 Å². The van der Waals surface area contributed by atoms with Crippen molar-refractivity contribution in [1.82, 2.24) is 5.32 Å². The molecule has 1 amide bonds. The molecule has 1 aromatic rings. The minimum absolute atomic E-state index is 0.151. The second kappa shape index (κ2) is 6.58. The number of hydrogen-bond acceptors (Lipinski definition) is 4. The van der Waals surface area contributed by atoms with Crippen molar-refractivity contribution >= 4 is 15.7 Å². The van der Waals surface area contributed by atoms with Crippen LogP contribution in [-0.4, -0.2) is 37.8 Å². The summed E-state index contributed by atoms with van der Waals surface area (Å²) in [6.07, 6.45) is 1.70. The van der Waals surface area contributed by atoms with E-state index >= 15 is 0 Å². The molecule has 0 aliphatic heterocycles. The maximum atomic E-state index is 12.0. The van der Waals surface area contributed by atoms with E-state index in [-0.39, 0.29) is 17.3 Å². The van der Waals surface area contributed by atoms with Crippen molar-refractivity contribution in [2.24, 2.45) is 5.92 Å². The third kappa shape index (κ3) is 5.85. The van der Waals surface area contributed by atoms with Gasteiger partial charge >= 0.3 is 0 Å². The average molecular weight is 313 g/mol. The SMILES string of the molecule is CC(C)CC(C)(O)CNC(=O)c1ccc(S(C)(=O)=O)cc1. The Hall–Kier alpha value is -1.40. The number of rotatable bonds is 6. The lowest BCUT2D eigenvalue weighted by Gasteiger charge is -2.25. The lowest BCUT2D eigenvalue weighted by Crippen LogP contribution is -2.41.